The fourth-order valence-electron chi connectivity index (χ4n) is 2.25. The second-order valence-electron chi connectivity index (χ2n) is 5.07. The van der Waals surface area contributed by atoms with E-state index in [9.17, 15) is 13.6 Å². The van der Waals surface area contributed by atoms with Crippen molar-refractivity contribution in [1.82, 2.24) is 14.6 Å². The number of anilines is 1. The van der Waals surface area contributed by atoms with Gasteiger partial charge >= 0.3 is 0 Å². The topological polar surface area (TPSA) is 85.3 Å². The quantitative estimate of drug-likeness (QED) is 0.773. The van der Waals surface area contributed by atoms with Crippen molar-refractivity contribution in [2.24, 2.45) is 5.73 Å². The average molecular weight is 317 g/mol. The second-order valence-corrected chi connectivity index (χ2v) is 5.07. The van der Waals surface area contributed by atoms with Gasteiger partial charge in [-0.2, -0.15) is 5.10 Å². The van der Waals surface area contributed by atoms with Gasteiger partial charge < -0.3 is 11.1 Å². The van der Waals surface area contributed by atoms with Crippen molar-refractivity contribution in [2.75, 3.05) is 5.32 Å². The Labute approximate surface area is 129 Å². The number of hydrogen-bond acceptors (Lipinski definition) is 4. The number of benzene rings is 1. The van der Waals surface area contributed by atoms with Crippen molar-refractivity contribution < 1.29 is 13.6 Å². The molecular weight excluding hydrogens is 304 g/mol. The van der Waals surface area contributed by atoms with E-state index in [1.807, 2.05) is 0 Å². The van der Waals surface area contributed by atoms with Crippen molar-refractivity contribution in [3.63, 3.8) is 0 Å². The van der Waals surface area contributed by atoms with Crippen LogP contribution in [0.1, 0.15) is 28.9 Å². The summed E-state index contributed by atoms with van der Waals surface area (Å²) in [4.78, 5) is 15.6. The third-order valence-electron chi connectivity index (χ3n) is 3.38. The molecular formula is C15H13F2N5O. The number of fused-ring (bicyclic) bond motifs is 1. The molecule has 23 heavy (non-hydrogen) atoms. The number of halogens is 2. The van der Waals surface area contributed by atoms with Crippen LogP contribution in [0.5, 0.6) is 0 Å². The van der Waals surface area contributed by atoms with Crippen LogP contribution in [0.25, 0.3) is 5.65 Å². The summed E-state index contributed by atoms with van der Waals surface area (Å²) in [6, 6.07) is 4.54. The van der Waals surface area contributed by atoms with E-state index in [0.29, 0.717) is 17.0 Å². The minimum atomic E-state index is -0.649. The maximum absolute atomic E-state index is 13.3. The molecule has 6 nitrogen and oxygen atoms in total. The van der Waals surface area contributed by atoms with E-state index in [-0.39, 0.29) is 5.56 Å². The molecule has 1 amide bonds. The minimum absolute atomic E-state index is 0.193. The van der Waals surface area contributed by atoms with Crippen molar-refractivity contribution in [1.29, 1.82) is 0 Å². The molecule has 0 radical (unpaired) electrons. The van der Waals surface area contributed by atoms with Crippen LogP contribution in [0.2, 0.25) is 0 Å². The molecule has 1 aromatic carbocycles. The molecule has 2 aromatic heterocycles. The normalized spacial score (nSPS) is 12.3. The van der Waals surface area contributed by atoms with E-state index >= 15 is 0 Å². The highest BCUT2D eigenvalue weighted by atomic mass is 19.1. The Morgan fingerprint density at radius 3 is 2.65 bits per heavy atom. The van der Waals surface area contributed by atoms with Gasteiger partial charge in [-0.05, 0) is 30.7 Å². The Morgan fingerprint density at radius 1 is 1.30 bits per heavy atom. The SMILES string of the molecule is CC(Nc1ccn2ncc(C(N)=O)c2n1)c1cc(F)cc(F)c1. The zero-order valence-corrected chi connectivity index (χ0v) is 12.1. The molecule has 0 aliphatic carbocycles. The molecule has 0 spiro atoms. The summed E-state index contributed by atoms with van der Waals surface area (Å²) in [6.45, 7) is 1.74. The number of nitrogens with one attached hydrogen (secondary N) is 1. The van der Waals surface area contributed by atoms with Crippen LogP contribution in [0.4, 0.5) is 14.6 Å². The highest BCUT2D eigenvalue weighted by Crippen LogP contribution is 2.21. The van der Waals surface area contributed by atoms with Gasteiger partial charge in [-0.1, -0.05) is 0 Å². The molecule has 1 unspecified atom stereocenters. The summed E-state index contributed by atoms with van der Waals surface area (Å²) >= 11 is 0. The van der Waals surface area contributed by atoms with Crippen LogP contribution >= 0.6 is 0 Å². The zero-order chi connectivity index (χ0) is 16.6. The zero-order valence-electron chi connectivity index (χ0n) is 12.1. The predicted molar refractivity (Wildman–Crippen MR) is 79.9 cm³/mol. The van der Waals surface area contributed by atoms with Crippen molar-refractivity contribution in [3.05, 3.63) is 59.4 Å². The van der Waals surface area contributed by atoms with Crippen molar-refractivity contribution in [2.45, 2.75) is 13.0 Å². The highest BCUT2D eigenvalue weighted by Gasteiger charge is 2.13. The number of nitrogens with two attached hydrogens (primary N) is 1. The molecule has 0 aliphatic heterocycles. The molecule has 0 aliphatic rings. The molecule has 0 fully saturated rings. The summed E-state index contributed by atoms with van der Waals surface area (Å²) in [7, 11) is 0. The van der Waals surface area contributed by atoms with Crippen LogP contribution in [0, 0.1) is 11.6 Å². The summed E-state index contributed by atoms with van der Waals surface area (Å²) in [6.07, 6.45) is 2.94. The van der Waals surface area contributed by atoms with Gasteiger partial charge in [0.05, 0.1) is 12.2 Å². The van der Waals surface area contributed by atoms with Gasteiger partial charge in [-0.25, -0.2) is 18.3 Å². The number of nitrogens with zero attached hydrogens (tertiary/aromatic N) is 3. The summed E-state index contributed by atoms with van der Waals surface area (Å²) in [5.74, 6) is -1.50. The van der Waals surface area contributed by atoms with E-state index in [0.717, 1.165) is 6.07 Å². The van der Waals surface area contributed by atoms with Crippen molar-refractivity contribution in [3.8, 4) is 0 Å². The number of amides is 1. The lowest BCUT2D eigenvalue weighted by Gasteiger charge is -2.15. The summed E-state index contributed by atoms with van der Waals surface area (Å²) < 4.78 is 28.0. The highest BCUT2D eigenvalue weighted by molar-refractivity contribution is 5.98. The monoisotopic (exact) mass is 317 g/mol. The first-order valence-corrected chi connectivity index (χ1v) is 6.81. The Hall–Kier alpha value is -3.03. The van der Waals surface area contributed by atoms with Gasteiger partial charge in [0.2, 0.25) is 0 Å². The Kier molecular flexibility index (Phi) is 3.65. The van der Waals surface area contributed by atoms with Gasteiger partial charge in [0, 0.05) is 12.3 Å². The van der Waals surface area contributed by atoms with Crippen LogP contribution in [0.3, 0.4) is 0 Å². The Bertz CT molecular complexity index is 872. The van der Waals surface area contributed by atoms with Gasteiger partial charge in [0.15, 0.2) is 5.65 Å². The lowest BCUT2D eigenvalue weighted by Crippen LogP contribution is -2.12. The van der Waals surface area contributed by atoms with Gasteiger partial charge in [0.1, 0.15) is 23.0 Å². The molecule has 0 bridgehead atoms. The third kappa shape index (κ3) is 2.96. The van der Waals surface area contributed by atoms with E-state index in [4.69, 9.17) is 5.73 Å². The van der Waals surface area contributed by atoms with Gasteiger partial charge in [0.25, 0.3) is 5.91 Å². The molecule has 118 valence electrons. The molecule has 0 saturated carbocycles. The van der Waals surface area contributed by atoms with E-state index in [2.05, 4.69) is 15.4 Å². The standard InChI is InChI=1S/C15H13F2N5O/c1-8(9-4-10(16)6-11(17)5-9)20-13-2-3-22-15(21-13)12(7-19-22)14(18)23/h2-8H,1H3,(H2,18,23)(H,20,21). The Balaban J connectivity index is 1.91. The first-order valence-electron chi connectivity index (χ1n) is 6.81. The van der Waals surface area contributed by atoms with E-state index < -0.39 is 23.6 Å². The van der Waals surface area contributed by atoms with E-state index in [1.165, 1.54) is 22.8 Å². The largest absolute Gasteiger partial charge is 0.365 e. The first-order chi connectivity index (χ1) is 10.9. The maximum atomic E-state index is 13.3. The molecule has 1 atom stereocenters. The van der Waals surface area contributed by atoms with Gasteiger partial charge in [-0.15, -0.1) is 0 Å². The molecule has 3 N–H and O–H groups in total. The average Bonchev–Trinajstić information content (AvgIpc) is 2.89. The number of rotatable bonds is 4. The van der Waals surface area contributed by atoms with E-state index in [1.54, 1.807) is 19.2 Å². The Morgan fingerprint density at radius 2 is 2.00 bits per heavy atom. The fourth-order valence-corrected chi connectivity index (χ4v) is 2.25. The first kappa shape index (κ1) is 14.9. The van der Waals surface area contributed by atoms with Crippen LogP contribution in [-0.4, -0.2) is 20.5 Å². The summed E-state index contributed by atoms with van der Waals surface area (Å²) in [5.41, 5.74) is 6.20. The molecule has 8 heteroatoms. The number of carbonyl (C=O) groups excluding carboxylic acids is 1. The third-order valence-corrected chi connectivity index (χ3v) is 3.38. The lowest BCUT2D eigenvalue weighted by atomic mass is 10.1. The number of carbonyl (C=O) groups is 1. The minimum Gasteiger partial charge on any atom is -0.365 e. The lowest BCUT2D eigenvalue weighted by molar-refractivity contribution is 0.100. The maximum Gasteiger partial charge on any atom is 0.254 e. The van der Waals surface area contributed by atoms with Crippen LogP contribution < -0.4 is 11.1 Å². The number of aromatic nitrogens is 3. The van der Waals surface area contributed by atoms with Crippen LogP contribution in [0.15, 0.2) is 36.7 Å². The number of primary amides is 1. The predicted octanol–water partition coefficient (Wildman–Crippen LogP) is 2.28. The van der Waals surface area contributed by atoms with Crippen molar-refractivity contribution >= 4 is 17.4 Å². The van der Waals surface area contributed by atoms with Gasteiger partial charge in [-0.3, -0.25) is 4.79 Å². The van der Waals surface area contributed by atoms with Crippen LogP contribution in [-0.2, 0) is 0 Å². The smallest absolute Gasteiger partial charge is 0.254 e. The molecule has 0 saturated heterocycles. The molecule has 2 heterocycles. The fraction of sp³-hybridized carbons (Fsp3) is 0.133. The number of hydrogen-bond donors (Lipinski definition) is 2. The molecule has 3 aromatic rings. The second kappa shape index (κ2) is 5.64. The molecule has 3 rings (SSSR count). The summed E-state index contributed by atoms with van der Waals surface area (Å²) in [5, 5.41) is 6.99.